The molecule has 0 aliphatic heterocycles. The number of unbranched alkanes of at least 4 members (excludes halogenated alkanes) is 1. The quantitative estimate of drug-likeness (QED) is 0.738. The highest BCUT2D eigenvalue weighted by Crippen LogP contribution is 2.31. The molecule has 0 aliphatic rings. The molecule has 1 N–H and O–H groups in total. The first-order valence-corrected chi connectivity index (χ1v) is 8.42. The normalized spacial score (nSPS) is 13.5. The Morgan fingerprint density at radius 3 is 2.75 bits per heavy atom. The molecule has 0 saturated carbocycles. The highest BCUT2D eigenvalue weighted by Gasteiger charge is 2.31. The van der Waals surface area contributed by atoms with Gasteiger partial charge in [-0.2, -0.15) is 0 Å². The van der Waals surface area contributed by atoms with Crippen molar-refractivity contribution in [1.29, 1.82) is 0 Å². The van der Waals surface area contributed by atoms with Crippen molar-refractivity contribution in [3.63, 3.8) is 0 Å². The lowest BCUT2D eigenvalue weighted by Gasteiger charge is -2.25. The van der Waals surface area contributed by atoms with Crippen molar-refractivity contribution in [1.82, 2.24) is 4.98 Å². The number of ether oxygens (including phenoxy) is 2. The van der Waals surface area contributed by atoms with Crippen molar-refractivity contribution in [3.05, 3.63) is 30.5 Å². The molecule has 24 heavy (non-hydrogen) atoms. The SMILES string of the molecule is CCCCOc1ccc(NC(=O)[C@@](C)(CC)OC)c2cccnc12. The van der Waals surface area contributed by atoms with Gasteiger partial charge in [0, 0.05) is 18.7 Å². The molecule has 0 aliphatic carbocycles. The average molecular weight is 330 g/mol. The zero-order chi connectivity index (χ0) is 17.6. The summed E-state index contributed by atoms with van der Waals surface area (Å²) < 4.78 is 11.2. The van der Waals surface area contributed by atoms with Crippen LogP contribution in [0.4, 0.5) is 5.69 Å². The van der Waals surface area contributed by atoms with Crippen LogP contribution in [0.15, 0.2) is 30.5 Å². The van der Waals surface area contributed by atoms with E-state index in [0.717, 1.165) is 29.5 Å². The van der Waals surface area contributed by atoms with Gasteiger partial charge in [-0.25, -0.2) is 0 Å². The highest BCUT2D eigenvalue weighted by molar-refractivity contribution is 6.05. The summed E-state index contributed by atoms with van der Waals surface area (Å²) in [6.45, 7) is 6.49. The molecule has 0 radical (unpaired) electrons. The number of rotatable bonds is 8. The molecule has 5 heteroatoms. The fourth-order valence-corrected chi connectivity index (χ4v) is 2.35. The lowest BCUT2D eigenvalue weighted by Crippen LogP contribution is -2.41. The predicted molar refractivity (Wildman–Crippen MR) is 96.5 cm³/mol. The molecule has 1 aromatic heterocycles. The molecule has 0 saturated heterocycles. The standard InChI is InChI=1S/C19H26N2O3/c1-5-7-13-24-16-11-10-15(14-9-8-12-20-17(14)16)21-18(22)19(3,6-2)23-4/h8-12H,5-7,13H2,1-4H3,(H,21,22)/t19-/m1/s1. The van der Waals surface area contributed by atoms with E-state index in [4.69, 9.17) is 9.47 Å². The van der Waals surface area contributed by atoms with Crippen molar-refractivity contribution in [2.24, 2.45) is 0 Å². The third-order valence-electron chi connectivity index (χ3n) is 4.34. The van der Waals surface area contributed by atoms with Crippen LogP contribution in [0.3, 0.4) is 0 Å². The number of pyridine rings is 1. The fourth-order valence-electron chi connectivity index (χ4n) is 2.35. The van der Waals surface area contributed by atoms with Gasteiger partial charge in [-0.3, -0.25) is 9.78 Å². The minimum absolute atomic E-state index is 0.169. The van der Waals surface area contributed by atoms with Crippen LogP contribution >= 0.6 is 0 Å². The Morgan fingerprint density at radius 2 is 2.08 bits per heavy atom. The van der Waals surface area contributed by atoms with Gasteiger partial charge < -0.3 is 14.8 Å². The van der Waals surface area contributed by atoms with E-state index in [1.54, 1.807) is 20.2 Å². The van der Waals surface area contributed by atoms with Gasteiger partial charge in [0.2, 0.25) is 0 Å². The van der Waals surface area contributed by atoms with Crippen LogP contribution in [-0.4, -0.2) is 30.2 Å². The smallest absolute Gasteiger partial charge is 0.256 e. The Hall–Kier alpha value is -2.14. The van der Waals surface area contributed by atoms with Gasteiger partial charge >= 0.3 is 0 Å². The molecule has 5 nitrogen and oxygen atoms in total. The van der Waals surface area contributed by atoms with Gasteiger partial charge in [-0.15, -0.1) is 0 Å². The van der Waals surface area contributed by atoms with Gasteiger partial charge in [0.05, 0.1) is 12.3 Å². The number of aromatic nitrogens is 1. The summed E-state index contributed by atoms with van der Waals surface area (Å²) in [5, 5.41) is 3.82. The summed E-state index contributed by atoms with van der Waals surface area (Å²) in [7, 11) is 1.55. The summed E-state index contributed by atoms with van der Waals surface area (Å²) in [4.78, 5) is 17.0. The Morgan fingerprint density at radius 1 is 1.29 bits per heavy atom. The minimum atomic E-state index is -0.856. The second-order valence-corrected chi connectivity index (χ2v) is 5.96. The lowest BCUT2D eigenvalue weighted by molar-refractivity contribution is -0.136. The van der Waals surface area contributed by atoms with E-state index < -0.39 is 5.60 Å². The molecule has 0 unspecified atom stereocenters. The molecule has 1 aromatic carbocycles. The number of nitrogens with one attached hydrogen (secondary N) is 1. The maximum atomic E-state index is 12.5. The molecular weight excluding hydrogens is 304 g/mol. The Balaban J connectivity index is 2.32. The second kappa shape index (κ2) is 8.11. The van der Waals surface area contributed by atoms with Crippen LogP contribution in [0.5, 0.6) is 5.75 Å². The molecule has 1 heterocycles. The van der Waals surface area contributed by atoms with E-state index in [9.17, 15) is 4.79 Å². The molecule has 0 fully saturated rings. The van der Waals surface area contributed by atoms with E-state index in [0.29, 0.717) is 18.7 Å². The van der Waals surface area contributed by atoms with E-state index in [1.807, 2.05) is 31.2 Å². The van der Waals surface area contributed by atoms with Crippen LogP contribution < -0.4 is 10.1 Å². The van der Waals surface area contributed by atoms with E-state index in [2.05, 4.69) is 17.2 Å². The molecule has 1 amide bonds. The van der Waals surface area contributed by atoms with Crippen molar-refractivity contribution in [3.8, 4) is 5.75 Å². The maximum absolute atomic E-state index is 12.5. The molecule has 2 rings (SSSR count). The number of benzene rings is 1. The number of anilines is 1. The summed E-state index contributed by atoms with van der Waals surface area (Å²) >= 11 is 0. The van der Waals surface area contributed by atoms with Gasteiger partial charge in [-0.1, -0.05) is 20.3 Å². The average Bonchev–Trinajstić information content (AvgIpc) is 2.62. The topological polar surface area (TPSA) is 60.5 Å². The van der Waals surface area contributed by atoms with Crippen molar-refractivity contribution >= 4 is 22.5 Å². The van der Waals surface area contributed by atoms with Crippen LogP contribution in [0.25, 0.3) is 10.9 Å². The summed E-state index contributed by atoms with van der Waals surface area (Å²) in [5.41, 5.74) is 0.606. The Labute approximate surface area is 143 Å². The van der Waals surface area contributed by atoms with Crippen LogP contribution in [-0.2, 0) is 9.53 Å². The Kier molecular flexibility index (Phi) is 6.15. The number of carbonyl (C=O) groups excluding carboxylic acids is 1. The second-order valence-electron chi connectivity index (χ2n) is 5.96. The third-order valence-corrected chi connectivity index (χ3v) is 4.34. The lowest BCUT2D eigenvalue weighted by atomic mass is 10.0. The number of carbonyl (C=O) groups is 1. The monoisotopic (exact) mass is 330 g/mol. The first-order chi connectivity index (χ1) is 11.6. The molecule has 1 atom stereocenters. The molecule has 0 spiro atoms. The maximum Gasteiger partial charge on any atom is 0.256 e. The van der Waals surface area contributed by atoms with E-state index in [-0.39, 0.29) is 5.91 Å². The first-order valence-electron chi connectivity index (χ1n) is 8.42. The summed E-state index contributed by atoms with van der Waals surface area (Å²) in [5.74, 6) is 0.569. The Bertz CT molecular complexity index is 696. The number of nitrogens with zero attached hydrogens (tertiary/aromatic N) is 1. The molecular formula is C19H26N2O3. The third kappa shape index (κ3) is 3.85. The zero-order valence-corrected chi connectivity index (χ0v) is 14.9. The molecule has 2 aromatic rings. The predicted octanol–water partition coefficient (Wildman–Crippen LogP) is 4.17. The number of amides is 1. The van der Waals surface area contributed by atoms with Gasteiger partial charge in [0.1, 0.15) is 16.9 Å². The zero-order valence-electron chi connectivity index (χ0n) is 14.9. The fraction of sp³-hybridized carbons (Fsp3) is 0.474. The molecule has 0 bridgehead atoms. The number of fused-ring (bicyclic) bond motifs is 1. The van der Waals surface area contributed by atoms with Crippen LogP contribution in [0.2, 0.25) is 0 Å². The van der Waals surface area contributed by atoms with Gasteiger partial charge in [-0.05, 0) is 44.0 Å². The van der Waals surface area contributed by atoms with Crippen LogP contribution in [0, 0.1) is 0 Å². The number of hydrogen-bond acceptors (Lipinski definition) is 4. The number of hydrogen-bond donors (Lipinski definition) is 1. The van der Waals surface area contributed by atoms with Crippen LogP contribution in [0.1, 0.15) is 40.0 Å². The van der Waals surface area contributed by atoms with Gasteiger partial charge in [0.25, 0.3) is 5.91 Å². The van der Waals surface area contributed by atoms with E-state index >= 15 is 0 Å². The van der Waals surface area contributed by atoms with Gasteiger partial charge in [0.15, 0.2) is 0 Å². The summed E-state index contributed by atoms with van der Waals surface area (Å²) in [6, 6.07) is 7.50. The summed E-state index contributed by atoms with van der Waals surface area (Å²) in [6.07, 6.45) is 4.39. The highest BCUT2D eigenvalue weighted by atomic mass is 16.5. The minimum Gasteiger partial charge on any atom is -0.491 e. The number of methoxy groups -OCH3 is 1. The van der Waals surface area contributed by atoms with Crippen molar-refractivity contribution in [2.45, 2.75) is 45.6 Å². The van der Waals surface area contributed by atoms with Crippen molar-refractivity contribution in [2.75, 3.05) is 19.0 Å². The van der Waals surface area contributed by atoms with E-state index in [1.165, 1.54) is 0 Å². The first kappa shape index (κ1) is 18.2. The molecule has 130 valence electrons. The van der Waals surface area contributed by atoms with Crippen molar-refractivity contribution < 1.29 is 14.3 Å². The largest absolute Gasteiger partial charge is 0.491 e.